The van der Waals surface area contributed by atoms with E-state index in [-0.39, 0.29) is 29.8 Å². The summed E-state index contributed by atoms with van der Waals surface area (Å²) in [5.74, 6) is 0.151. The van der Waals surface area contributed by atoms with Gasteiger partial charge >= 0.3 is 0 Å². The van der Waals surface area contributed by atoms with Crippen molar-refractivity contribution in [1.82, 2.24) is 14.7 Å². The molecule has 1 aliphatic carbocycles. The van der Waals surface area contributed by atoms with Crippen molar-refractivity contribution < 1.29 is 9.32 Å². The molecule has 8 heteroatoms. The highest BCUT2D eigenvalue weighted by atomic mass is 32.1. The van der Waals surface area contributed by atoms with E-state index in [2.05, 4.69) is 15.5 Å². The fourth-order valence-corrected chi connectivity index (χ4v) is 4.30. The Balaban J connectivity index is 1.56. The van der Waals surface area contributed by atoms with Gasteiger partial charge in [0.2, 0.25) is 11.8 Å². The van der Waals surface area contributed by atoms with E-state index in [1.54, 1.807) is 17.4 Å². The van der Waals surface area contributed by atoms with Gasteiger partial charge in [-0.05, 0) is 30.7 Å². The zero-order chi connectivity index (χ0) is 17.6. The molecule has 0 radical (unpaired) electrons. The Bertz CT molecular complexity index is 1010. The van der Waals surface area contributed by atoms with Gasteiger partial charge in [-0.25, -0.2) is 4.98 Å². The highest BCUT2D eigenvalue weighted by Gasteiger charge is 2.21. The van der Waals surface area contributed by atoms with Crippen LogP contribution in [0.1, 0.15) is 42.3 Å². The average Bonchev–Trinajstić information content (AvgIpc) is 3.25. The molecule has 3 heterocycles. The van der Waals surface area contributed by atoms with Gasteiger partial charge in [0.25, 0.3) is 5.56 Å². The summed E-state index contributed by atoms with van der Waals surface area (Å²) in [5, 5.41) is 7.21. The van der Waals surface area contributed by atoms with Crippen molar-refractivity contribution in [2.24, 2.45) is 0 Å². The van der Waals surface area contributed by atoms with E-state index < -0.39 is 0 Å². The van der Waals surface area contributed by atoms with Crippen LogP contribution in [0.15, 0.2) is 21.7 Å². The van der Waals surface area contributed by atoms with E-state index in [0.29, 0.717) is 5.39 Å². The number of hydrogen-bond donors (Lipinski definition) is 1. The number of fused-ring (bicyclic) bond motifs is 3. The number of nitrogens with one attached hydrogen (secondary N) is 1. The number of anilines is 1. The number of aryl methyl sites for hydroxylation is 2. The van der Waals surface area contributed by atoms with Crippen LogP contribution in [0.4, 0.5) is 5.88 Å². The minimum Gasteiger partial charge on any atom is -0.338 e. The Kier molecular flexibility index (Phi) is 3.91. The summed E-state index contributed by atoms with van der Waals surface area (Å²) in [6, 6.07) is 1.69. The van der Waals surface area contributed by atoms with Crippen molar-refractivity contribution in [2.45, 2.75) is 45.6 Å². The molecule has 0 fully saturated rings. The molecule has 1 aliphatic rings. The average molecular weight is 358 g/mol. The number of carbonyl (C=O) groups excluding carboxylic acids is 1. The molecule has 1 amide bonds. The highest BCUT2D eigenvalue weighted by Crippen LogP contribution is 2.34. The summed E-state index contributed by atoms with van der Waals surface area (Å²) in [5.41, 5.74) is 1.73. The number of nitrogens with zero attached hydrogens (tertiary/aromatic N) is 3. The Hall–Kier alpha value is -2.48. The maximum Gasteiger partial charge on any atom is 0.262 e. The predicted octanol–water partition coefficient (Wildman–Crippen LogP) is 2.70. The molecule has 0 spiro atoms. The quantitative estimate of drug-likeness (QED) is 0.774. The van der Waals surface area contributed by atoms with Crippen LogP contribution in [0.2, 0.25) is 0 Å². The van der Waals surface area contributed by atoms with Crippen LogP contribution in [0.25, 0.3) is 10.2 Å². The third-order valence-corrected chi connectivity index (χ3v) is 5.59. The molecule has 7 nitrogen and oxygen atoms in total. The lowest BCUT2D eigenvalue weighted by atomic mass is 10.1. The molecular weight excluding hydrogens is 340 g/mol. The van der Waals surface area contributed by atoms with Gasteiger partial charge in [0.05, 0.1) is 17.4 Å². The predicted molar refractivity (Wildman–Crippen MR) is 95.1 cm³/mol. The number of hydrogen-bond acceptors (Lipinski definition) is 6. The topological polar surface area (TPSA) is 90.0 Å². The molecular formula is C17H18N4O3S. The molecule has 130 valence electrons. The Morgan fingerprint density at radius 1 is 1.44 bits per heavy atom. The maximum atomic E-state index is 12.7. The van der Waals surface area contributed by atoms with Crippen LogP contribution in [0.3, 0.4) is 0 Å². The van der Waals surface area contributed by atoms with Crippen LogP contribution in [0.5, 0.6) is 0 Å². The summed E-state index contributed by atoms with van der Waals surface area (Å²) in [4.78, 5) is 31.4. The first-order valence-electron chi connectivity index (χ1n) is 8.29. The van der Waals surface area contributed by atoms with Crippen LogP contribution in [0, 0.1) is 0 Å². The summed E-state index contributed by atoms with van der Waals surface area (Å²) in [6.45, 7) is 3.87. The molecule has 0 bridgehead atoms. The first kappa shape index (κ1) is 16.0. The summed E-state index contributed by atoms with van der Waals surface area (Å²) in [6.07, 6.45) is 4.45. The smallest absolute Gasteiger partial charge is 0.262 e. The van der Waals surface area contributed by atoms with Gasteiger partial charge in [0, 0.05) is 10.9 Å². The number of rotatable bonds is 4. The number of thiophene rings is 1. The fourth-order valence-electron chi connectivity index (χ4n) is 3.08. The van der Waals surface area contributed by atoms with Gasteiger partial charge in [-0.15, -0.1) is 11.3 Å². The van der Waals surface area contributed by atoms with Crippen molar-refractivity contribution in [3.05, 3.63) is 38.9 Å². The third-order valence-electron chi connectivity index (χ3n) is 4.39. The lowest BCUT2D eigenvalue weighted by Crippen LogP contribution is -2.27. The minimum atomic E-state index is -0.346. The normalized spacial score (nSPS) is 13.6. The minimum absolute atomic E-state index is 0.107. The molecule has 4 rings (SSSR count). The van der Waals surface area contributed by atoms with E-state index in [4.69, 9.17) is 4.52 Å². The molecule has 0 unspecified atom stereocenters. The standard InChI is InChI=1S/C17H18N4O3S/c1-9(2)11-6-14(24-20-11)19-13(22)7-21-8-18-16-15(17(21)23)10-4-3-5-12(10)25-16/h6,8-9H,3-5,7H2,1-2H3,(H,19,22). The number of carbonyl (C=O) groups is 1. The molecule has 3 aromatic heterocycles. The zero-order valence-corrected chi connectivity index (χ0v) is 14.9. The lowest BCUT2D eigenvalue weighted by molar-refractivity contribution is -0.116. The van der Waals surface area contributed by atoms with Gasteiger partial charge in [-0.3, -0.25) is 19.5 Å². The molecule has 0 saturated carbocycles. The van der Waals surface area contributed by atoms with E-state index in [1.165, 1.54) is 15.8 Å². The second-order valence-electron chi connectivity index (χ2n) is 6.53. The molecule has 0 aliphatic heterocycles. The Labute approximate surface area is 147 Å². The molecule has 0 saturated heterocycles. The van der Waals surface area contributed by atoms with Gasteiger partial charge in [-0.1, -0.05) is 19.0 Å². The van der Waals surface area contributed by atoms with Crippen LogP contribution in [-0.2, 0) is 24.2 Å². The molecule has 0 atom stereocenters. The van der Waals surface area contributed by atoms with Crippen molar-refractivity contribution >= 4 is 33.3 Å². The van der Waals surface area contributed by atoms with Gasteiger partial charge in [0.1, 0.15) is 11.4 Å². The summed E-state index contributed by atoms with van der Waals surface area (Å²) in [7, 11) is 0. The van der Waals surface area contributed by atoms with Crippen molar-refractivity contribution in [1.29, 1.82) is 0 Å². The zero-order valence-electron chi connectivity index (χ0n) is 14.0. The van der Waals surface area contributed by atoms with Crippen LogP contribution < -0.4 is 10.9 Å². The maximum absolute atomic E-state index is 12.7. The second-order valence-corrected chi connectivity index (χ2v) is 7.62. The van der Waals surface area contributed by atoms with E-state index in [0.717, 1.165) is 35.4 Å². The summed E-state index contributed by atoms with van der Waals surface area (Å²) >= 11 is 1.59. The monoisotopic (exact) mass is 358 g/mol. The first-order valence-corrected chi connectivity index (χ1v) is 9.10. The van der Waals surface area contributed by atoms with Crippen molar-refractivity contribution in [2.75, 3.05) is 5.32 Å². The largest absolute Gasteiger partial charge is 0.338 e. The Morgan fingerprint density at radius 3 is 3.04 bits per heavy atom. The van der Waals surface area contributed by atoms with Gasteiger partial charge < -0.3 is 4.52 Å². The molecule has 1 N–H and O–H groups in total. The van der Waals surface area contributed by atoms with Gasteiger partial charge in [-0.2, -0.15) is 0 Å². The third kappa shape index (κ3) is 2.86. The molecule has 25 heavy (non-hydrogen) atoms. The van der Waals surface area contributed by atoms with Gasteiger partial charge in [0.15, 0.2) is 0 Å². The van der Waals surface area contributed by atoms with Crippen molar-refractivity contribution in [3.8, 4) is 0 Å². The van der Waals surface area contributed by atoms with Crippen LogP contribution in [-0.4, -0.2) is 20.6 Å². The molecule has 0 aromatic carbocycles. The SMILES string of the molecule is CC(C)c1cc(NC(=O)Cn2cnc3sc4c(c3c2=O)CCC4)on1. The highest BCUT2D eigenvalue weighted by molar-refractivity contribution is 7.18. The van der Waals surface area contributed by atoms with E-state index in [9.17, 15) is 9.59 Å². The van der Waals surface area contributed by atoms with E-state index in [1.807, 2.05) is 13.8 Å². The number of amides is 1. The molecule has 3 aromatic rings. The Morgan fingerprint density at radius 2 is 2.28 bits per heavy atom. The van der Waals surface area contributed by atoms with Crippen molar-refractivity contribution in [3.63, 3.8) is 0 Å². The fraction of sp³-hybridized carbons (Fsp3) is 0.412. The second kappa shape index (κ2) is 6.11. The summed E-state index contributed by atoms with van der Waals surface area (Å²) < 4.78 is 6.45. The lowest BCUT2D eigenvalue weighted by Gasteiger charge is -2.05. The van der Waals surface area contributed by atoms with E-state index >= 15 is 0 Å². The number of aromatic nitrogens is 3. The first-order chi connectivity index (χ1) is 12.0. The van der Waals surface area contributed by atoms with Crippen LogP contribution >= 0.6 is 11.3 Å².